The Morgan fingerprint density at radius 3 is 2.72 bits per heavy atom. The van der Waals surface area contributed by atoms with Gasteiger partial charge in [-0.1, -0.05) is 23.2 Å². The van der Waals surface area contributed by atoms with Gasteiger partial charge in [0.15, 0.2) is 0 Å². The summed E-state index contributed by atoms with van der Waals surface area (Å²) in [4.78, 5) is 13.3. The van der Waals surface area contributed by atoms with Crippen LogP contribution in [0.5, 0.6) is 0 Å². The van der Waals surface area contributed by atoms with Crippen LogP contribution >= 0.6 is 23.2 Å². The molecule has 2 aliphatic carbocycles. The highest BCUT2D eigenvalue weighted by Gasteiger charge is 2.80. The van der Waals surface area contributed by atoms with Crippen LogP contribution < -0.4 is 0 Å². The highest BCUT2D eigenvalue weighted by atomic mass is 35.5. The van der Waals surface area contributed by atoms with Crippen molar-refractivity contribution in [3.63, 3.8) is 0 Å². The van der Waals surface area contributed by atoms with Crippen molar-refractivity contribution in [1.82, 2.24) is 0 Å². The molecule has 0 amide bonds. The number of carbonyl (C=O) groups is 1. The molecule has 1 N–H and O–H groups in total. The van der Waals surface area contributed by atoms with Crippen LogP contribution in [0.15, 0.2) is 23.1 Å². The van der Waals surface area contributed by atoms with E-state index in [0.29, 0.717) is 21.4 Å². The van der Waals surface area contributed by atoms with Crippen LogP contribution in [0, 0.1) is 17.8 Å². The van der Waals surface area contributed by atoms with Gasteiger partial charge in [0, 0.05) is 16.7 Å². The molecular weight excluding hydrogens is 435 g/mol. The second-order valence-corrected chi connectivity index (χ2v) is 11.7. The van der Waals surface area contributed by atoms with Crippen LogP contribution in [0.25, 0.3) is 0 Å². The van der Waals surface area contributed by atoms with Crippen molar-refractivity contribution in [1.29, 1.82) is 0 Å². The smallest absolute Gasteiger partial charge is 0.310 e. The summed E-state index contributed by atoms with van der Waals surface area (Å²) in [7, 11) is -1.45. The molecule has 158 valence electrons. The number of epoxide rings is 1. The van der Waals surface area contributed by atoms with E-state index in [-0.39, 0.29) is 29.2 Å². The Kier molecular flexibility index (Phi) is 4.49. The SMILES string of the molecule is C[C@@]1(O)CC[C@]23O[C@@]2(C)CC[C@@H]2[C@H](OC(=O)[C@H]2CS(=O)c2ccc(Cl)cc2Cl)[C@@H]13. The van der Waals surface area contributed by atoms with E-state index in [1.165, 1.54) is 0 Å². The lowest BCUT2D eigenvalue weighted by Crippen LogP contribution is -2.47. The first-order valence-electron chi connectivity index (χ1n) is 10.0. The number of halogens is 2. The first-order chi connectivity index (χ1) is 13.6. The average Bonchev–Trinajstić information content (AvgIpc) is 3.00. The molecule has 1 aromatic rings. The van der Waals surface area contributed by atoms with E-state index in [4.69, 9.17) is 32.7 Å². The molecule has 1 spiro atoms. The first kappa shape index (κ1) is 20.3. The molecule has 29 heavy (non-hydrogen) atoms. The van der Waals surface area contributed by atoms with Gasteiger partial charge in [0.1, 0.15) is 11.7 Å². The minimum absolute atomic E-state index is 0.0859. The summed E-state index contributed by atoms with van der Waals surface area (Å²) in [5, 5.41) is 11.9. The Bertz CT molecular complexity index is 920. The normalized spacial score (nSPS) is 46.3. The molecule has 2 saturated heterocycles. The Hall–Kier alpha value is -0.660. The summed E-state index contributed by atoms with van der Waals surface area (Å²) < 4.78 is 25.1. The Morgan fingerprint density at radius 1 is 1.24 bits per heavy atom. The summed E-state index contributed by atoms with van der Waals surface area (Å²) >= 11 is 12.2. The minimum Gasteiger partial charge on any atom is -0.461 e. The first-order valence-corrected chi connectivity index (χ1v) is 12.1. The molecule has 2 aliphatic heterocycles. The van der Waals surface area contributed by atoms with Crippen molar-refractivity contribution in [2.45, 2.75) is 67.3 Å². The minimum atomic E-state index is -1.45. The molecule has 5 nitrogen and oxygen atoms in total. The fourth-order valence-corrected chi connectivity index (χ4v) is 8.21. The van der Waals surface area contributed by atoms with Gasteiger partial charge in [0.25, 0.3) is 0 Å². The predicted octanol–water partition coefficient (Wildman–Crippen LogP) is 3.74. The fourth-order valence-electron chi connectivity index (χ4n) is 6.16. The number of ether oxygens (including phenoxy) is 2. The number of rotatable bonds is 3. The van der Waals surface area contributed by atoms with Crippen molar-refractivity contribution >= 4 is 40.0 Å². The maximum absolute atomic E-state index is 13.0. The van der Waals surface area contributed by atoms with Crippen molar-refractivity contribution in [3.05, 3.63) is 28.2 Å². The van der Waals surface area contributed by atoms with Crippen LogP contribution in [0.3, 0.4) is 0 Å². The molecule has 8 heteroatoms. The molecular formula is C21H24Cl2O5S. The molecule has 1 unspecified atom stereocenters. The molecule has 0 bridgehead atoms. The van der Waals surface area contributed by atoms with Crippen LogP contribution in [-0.2, 0) is 25.1 Å². The quantitative estimate of drug-likeness (QED) is 0.551. The number of aliphatic hydroxyl groups is 1. The third-order valence-corrected chi connectivity index (χ3v) is 9.85. The lowest BCUT2D eigenvalue weighted by atomic mass is 9.75. The maximum Gasteiger partial charge on any atom is 0.310 e. The van der Waals surface area contributed by atoms with Gasteiger partial charge in [0.2, 0.25) is 0 Å². The summed E-state index contributed by atoms with van der Waals surface area (Å²) in [6.45, 7) is 3.93. The second-order valence-electron chi connectivity index (χ2n) is 9.35. The molecule has 2 saturated carbocycles. The van der Waals surface area contributed by atoms with E-state index >= 15 is 0 Å². The summed E-state index contributed by atoms with van der Waals surface area (Å²) in [6, 6.07) is 4.85. The molecule has 0 radical (unpaired) electrons. The Labute approximate surface area is 182 Å². The average molecular weight is 459 g/mol. The molecule has 1 aromatic carbocycles. The van der Waals surface area contributed by atoms with Gasteiger partial charge in [-0.05, 0) is 57.7 Å². The van der Waals surface area contributed by atoms with Crippen LogP contribution in [0.1, 0.15) is 39.5 Å². The molecule has 4 fully saturated rings. The van der Waals surface area contributed by atoms with Crippen LogP contribution in [0.2, 0.25) is 10.0 Å². The standard InChI is InChI=1S/C21H24Cl2O5S/c1-19(25)7-8-21-17(19)16-12(5-6-20(21,2)28-21)13(18(24)27-16)10-29(26)15-4-3-11(22)9-14(15)23/h3-4,9,12-13,16-17,25H,5-8,10H2,1-2H3/t12-,13-,16-,17-,19+,20-,21+,29?/m0/s1. The summed E-state index contributed by atoms with van der Waals surface area (Å²) in [5.74, 6) is -1.00. The number of esters is 1. The molecule has 8 atom stereocenters. The van der Waals surface area contributed by atoms with Crippen LogP contribution in [-0.4, -0.2) is 43.9 Å². The second kappa shape index (κ2) is 6.42. The van der Waals surface area contributed by atoms with Gasteiger partial charge >= 0.3 is 5.97 Å². The number of carbonyl (C=O) groups excluding carboxylic acids is 1. The van der Waals surface area contributed by atoms with Crippen molar-refractivity contribution < 1.29 is 23.6 Å². The van der Waals surface area contributed by atoms with Crippen molar-refractivity contribution in [3.8, 4) is 0 Å². The largest absolute Gasteiger partial charge is 0.461 e. The lowest BCUT2D eigenvalue weighted by Gasteiger charge is -2.34. The van der Waals surface area contributed by atoms with E-state index in [1.54, 1.807) is 18.2 Å². The zero-order valence-corrected chi connectivity index (χ0v) is 18.6. The van der Waals surface area contributed by atoms with Gasteiger partial charge in [0.05, 0.1) is 43.8 Å². The van der Waals surface area contributed by atoms with Gasteiger partial charge in [-0.2, -0.15) is 0 Å². The Morgan fingerprint density at radius 2 is 2.00 bits per heavy atom. The number of hydrogen-bond acceptors (Lipinski definition) is 5. The van der Waals surface area contributed by atoms with Crippen molar-refractivity contribution in [2.24, 2.45) is 17.8 Å². The molecule has 2 heterocycles. The molecule has 5 rings (SSSR count). The summed E-state index contributed by atoms with van der Waals surface area (Å²) in [6.07, 6.45) is 2.55. The third kappa shape index (κ3) is 2.86. The van der Waals surface area contributed by atoms with E-state index < -0.39 is 34.0 Å². The topological polar surface area (TPSA) is 76.1 Å². The van der Waals surface area contributed by atoms with E-state index in [9.17, 15) is 14.1 Å². The van der Waals surface area contributed by atoms with Crippen molar-refractivity contribution in [2.75, 3.05) is 5.75 Å². The zero-order valence-electron chi connectivity index (χ0n) is 16.3. The predicted molar refractivity (Wildman–Crippen MR) is 109 cm³/mol. The van der Waals surface area contributed by atoms with E-state index in [0.717, 1.165) is 19.3 Å². The highest BCUT2D eigenvalue weighted by Crippen LogP contribution is 2.69. The van der Waals surface area contributed by atoms with E-state index in [1.807, 2.05) is 6.92 Å². The monoisotopic (exact) mass is 458 g/mol. The van der Waals surface area contributed by atoms with Gasteiger partial charge in [-0.15, -0.1) is 0 Å². The number of hydrogen-bond donors (Lipinski definition) is 1. The third-order valence-electron chi connectivity index (χ3n) is 7.68. The van der Waals surface area contributed by atoms with E-state index in [2.05, 4.69) is 6.92 Å². The highest BCUT2D eigenvalue weighted by molar-refractivity contribution is 7.85. The number of fused-ring (bicyclic) bond motifs is 2. The van der Waals surface area contributed by atoms with Gasteiger partial charge in [-0.25, -0.2) is 0 Å². The lowest BCUT2D eigenvalue weighted by molar-refractivity contribution is -0.150. The zero-order chi connectivity index (χ0) is 20.8. The molecule has 4 aliphatic rings. The van der Waals surface area contributed by atoms with Crippen LogP contribution in [0.4, 0.5) is 0 Å². The number of benzene rings is 1. The maximum atomic E-state index is 13.0. The van der Waals surface area contributed by atoms with Gasteiger partial charge < -0.3 is 14.6 Å². The molecule has 0 aromatic heterocycles. The summed E-state index contributed by atoms with van der Waals surface area (Å²) in [5.41, 5.74) is -1.64. The Balaban J connectivity index is 1.44. The van der Waals surface area contributed by atoms with Gasteiger partial charge in [-0.3, -0.25) is 9.00 Å². The fraction of sp³-hybridized carbons (Fsp3) is 0.667.